The van der Waals surface area contributed by atoms with Crippen LogP contribution in [0.25, 0.3) is 0 Å². The lowest BCUT2D eigenvalue weighted by molar-refractivity contribution is -0.127. The molecule has 7 heteroatoms. The molecule has 7 nitrogen and oxygen atoms in total. The SMILES string of the molecule is CC(=O)c1ccc2c(c1)N(C(C)C(=O)NCC1CCCO1)C(=O)CO2. The monoisotopic (exact) mass is 346 g/mol. The summed E-state index contributed by atoms with van der Waals surface area (Å²) >= 11 is 0. The molecule has 2 atom stereocenters. The van der Waals surface area contributed by atoms with Crippen molar-refractivity contribution in [3.63, 3.8) is 0 Å². The van der Waals surface area contributed by atoms with Crippen molar-refractivity contribution in [3.8, 4) is 5.75 Å². The molecule has 1 aromatic carbocycles. The Morgan fingerprint density at radius 3 is 2.88 bits per heavy atom. The number of carbonyl (C=O) groups excluding carboxylic acids is 3. The smallest absolute Gasteiger partial charge is 0.265 e. The summed E-state index contributed by atoms with van der Waals surface area (Å²) < 4.78 is 10.9. The predicted molar refractivity (Wildman–Crippen MR) is 90.9 cm³/mol. The lowest BCUT2D eigenvalue weighted by atomic mass is 10.1. The second-order valence-corrected chi connectivity index (χ2v) is 6.35. The van der Waals surface area contributed by atoms with Crippen molar-refractivity contribution < 1.29 is 23.9 Å². The second-order valence-electron chi connectivity index (χ2n) is 6.35. The molecular formula is C18H22N2O5. The van der Waals surface area contributed by atoms with Gasteiger partial charge in [-0.1, -0.05) is 0 Å². The number of rotatable bonds is 5. The molecule has 0 aliphatic carbocycles. The molecule has 1 fully saturated rings. The maximum atomic E-state index is 12.5. The zero-order chi connectivity index (χ0) is 18.0. The molecule has 1 aromatic rings. The first-order chi connectivity index (χ1) is 12.0. The fraction of sp³-hybridized carbons (Fsp3) is 0.500. The summed E-state index contributed by atoms with van der Waals surface area (Å²) in [6, 6.07) is 4.19. The number of hydrogen-bond donors (Lipinski definition) is 1. The van der Waals surface area contributed by atoms with Gasteiger partial charge in [-0.2, -0.15) is 0 Å². The second kappa shape index (κ2) is 7.23. The van der Waals surface area contributed by atoms with Gasteiger partial charge in [-0.3, -0.25) is 19.3 Å². The summed E-state index contributed by atoms with van der Waals surface area (Å²) in [4.78, 5) is 37.9. The Morgan fingerprint density at radius 1 is 1.40 bits per heavy atom. The molecule has 3 rings (SSSR count). The molecule has 0 radical (unpaired) electrons. The molecule has 2 unspecified atom stereocenters. The third kappa shape index (κ3) is 3.66. The number of benzene rings is 1. The Labute approximate surface area is 146 Å². The van der Waals surface area contributed by atoms with Gasteiger partial charge in [0.15, 0.2) is 12.4 Å². The molecule has 1 saturated heterocycles. The Hall–Kier alpha value is -2.41. The van der Waals surface area contributed by atoms with Crippen molar-refractivity contribution >= 4 is 23.3 Å². The molecule has 2 aliphatic rings. The summed E-state index contributed by atoms with van der Waals surface area (Å²) in [5.74, 6) is -0.197. The van der Waals surface area contributed by atoms with Gasteiger partial charge in [-0.15, -0.1) is 0 Å². The Bertz CT molecular complexity index is 697. The topological polar surface area (TPSA) is 84.9 Å². The van der Waals surface area contributed by atoms with Gasteiger partial charge in [0, 0.05) is 18.7 Å². The van der Waals surface area contributed by atoms with Crippen LogP contribution in [0, 0.1) is 0 Å². The summed E-state index contributed by atoms with van der Waals surface area (Å²) in [5, 5.41) is 2.84. The molecular weight excluding hydrogens is 324 g/mol. The summed E-state index contributed by atoms with van der Waals surface area (Å²) in [6.07, 6.45) is 1.96. The molecule has 0 bridgehead atoms. The number of fused-ring (bicyclic) bond motifs is 1. The molecule has 0 aromatic heterocycles. The Balaban J connectivity index is 1.78. The first-order valence-electron chi connectivity index (χ1n) is 8.46. The first kappa shape index (κ1) is 17.4. The third-order valence-electron chi connectivity index (χ3n) is 4.54. The average Bonchev–Trinajstić information content (AvgIpc) is 3.12. The first-order valence-corrected chi connectivity index (χ1v) is 8.46. The number of nitrogens with one attached hydrogen (secondary N) is 1. The lowest BCUT2D eigenvalue weighted by Crippen LogP contribution is -2.52. The van der Waals surface area contributed by atoms with Crippen molar-refractivity contribution in [1.82, 2.24) is 5.32 Å². The third-order valence-corrected chi connectivity index (χ3v) is 4.54. The van der Waals surface area contributed by atoms with Crippen molar-refractivity contribution in [1.29, 1.82) is 0 Å². The van der Waals surface area contributed by atoms with Crippen molar-refractivity contribution in [2.75, 3.05) is 24.7 Å². The van der Waals surface area contributed by atoms with Crippen LogP contribution in [0.2, 0.25) is 0 Å². The van der Waals surface area contributed by atoms with Gasteiger partial charge < -0.3 is 14.8 Å². The highest BCUT2D eigenvalue weighted by atomic mass is 16.5. The normalized spacial score (nSPS) is 20.6. The van der Waals surface area contributed by atoms with E-state index >= 15 is 0 Å². The van der Waals surface area contributed by atoms with Gasteiger partial charge in [0.1, 0.15) is 11.8 Å². The van der Waals surface area contributed by atoms with Crippen LogP contribution >= 0.6 is 0 Å². The molecule has 2 aliphatic heterocycles. The van der Waals surface area contributed by atoms with Crippen LogP contribution in [0.5, 0.6) is 5.75 Å². The van der Waals surface area contributed by atoms with Crippen LogP contribution in [0.15, 0.2) is 18.2 Å². The fourth-order valence-corrected chi connectivity index (χ4v) is 3.10. The van der Waals surface area contributed by atoms with Crippen LogP contribution < -0.4 is 15.0 Å². The van der Waals surface area contributed by atoms with E-state index in [0.29, 0.717) is 23.5 Å². The van der Waals surface area contributed by atoms with Crippen molar-refractivity contribution in [2.45, 2.75) is 38.8 Å². The van der Waals surface area contributed by atoms with E-state index in [1.165, 1.54) is 11.8 Å². The number of anilines is 1. The van der Waals surface area contributed by atoms with E-state index in [1.807, 2.05) is 0 Å². The van der Waals surface area contributed by atoms with E-state index in [1.54, 1.807) is 25.1 Å². The maximum Gasteiger partial charge on any atom is 0.265 e. The van der Waals surface area contributed by atoms with E-state index < -0.39 is 6.04 Å². The number of hydrogen-bond acceptors (Lipinski definition) is 5. The molecule has 134 valence electrons. The average molecular weight is 346 g/mol. The van der Waals surface area contributed by atoms with E-state index in [2.05, 4.69) is 5.32 Å². The lowest BCUT2D eigenvalue weighted by Gasteiger charge is -2.33. The van der Waals surface area contributed by atoms with Gasteiger partial charge in [-0.05, 0) is 44.9 Å². The molecule has 0 spiro atoms. The molecule has 2 amide bonds. The van der Waals surface area contributed by atoms with Crippen LogP contribution in [-0.2, 0) is 14.3 Å². The van der Waals surface area contributed by atoms with Gasteiger partial charge >= 0.3 is 0 Å². The van der Waals surface area contributed by atoms with Gasteiger partial charge in [-0.25, -0.2) is 0 Å². The highest BCUT2D eigenvalue weighted by Crippen LogP contribution is 2.34. The predicted octanol–water partition coefficient (Wildman–Crippen LogP) is 1.30. The van der Waals surface area contributed by atoms with E-state index in [9.17, 15) is 14.4 Å². The summed E-state index contributed by atoms with van der Waals surface area (Å²) in [5.41, 5.74) is 0.915. The number of Topliss-reactive ketones (excluding diaryl/α,β-unsaturated/α-hetero) is 1. The Morgan fingerprint density at radius 2 is 2.20 bits per heavy atom. The minimum Gasteiger partial charge on any atom is -0.482 e. The Kier molecular flexibility index (Phi) is 5.03. The van der Waals surface area contributed by atoms with E-state index in [0.717, 1.165) is 19.4 Å². The zero-order valence-corrected chi connectivity index (χ0v) is 14.4. The molecule has 2 heterocycles. The van der Waals surface area contributed by atoms with E-state index in [4.69, 9.17) is 9.47 Å². The quantitative estimate of drug-likeness (QED) is 0.812. The van der Waals surface area contributed by atoms with Crippen molar-refractivity contribution in [3.05, 3.63) is 23.8 Å². The standard InChI is InChI=1S/C18H22N2O5/c1-11(18(23)19-9-14-4-3-7-24-14)20-15-8-13(12(2)21)5-6-16(15)25-10-17(20)22/h5-6,8,11,14H,3-4,7,9-10H2,1-2H3,(H,19,23). The largest absolute Gasteiger partial charge is 0.482 e. The minimum atomic E-state index is -0.709. The van der Waals surface area contributed by atoms with E-state index in [-0.39, 0.29) is 30.3 Å². The minimum absolute atomic E-state index is 0.0353. The molecule has 0 saturated carbocycles. The fourth-order valence-electron chi connectivity index (χ4n) is 3.10. The summed E-state index contributed by atoms with van der Waals surface area (Å²) in [7, 11) is 0. The number of ether oxygens (including phenoxy) is 2. The highest BCUT2D eigenvalue weighted by molar-refractivity contribution is 6.05. The van der Waals surface area contributed by atoms with Crippen molar-refractivity contribution in [2.24, 2.45) is 0 Å². The number of nitrogens with zero attached hydrogens (tertiary/aromatic N) is 1. The summed E-state index contributed by atoms with van der Waals surface area (Å²) in [6.45, 7) is 4.14. The number of amides is 2. The van der Waals surface area contributed by atoms with Gasteiger partial charge in [0.25, 0.3) is 5.91 Å². The highest BCUT2D eigenvalue weighted by Gasteiger charge is 2.33. The van der Waals surface area contributed by atoms with Crippen LogP contribution in [0.3, 0.4) is 0 Å². The maximum absolute atomic E-state index is 12.5. The molecule has 1 N–H and O–H groups in total. The van der Waals surface area contributed by atoms with Crippen LogP contribution in [0.1, 0.15) is 37.0 Å². The number of ketones is 1. The van der Waals surface area contributed by atoms with Crippen LogP contribution in [-0.4, -0.2) is 49.5 Å². The van der Waals surface area contributed by atoms with Gasteiger partial charge in [0.2, 0.25) is 5.91 Å². The zero-order valence-electron chi connectivity index (χ0n) is 14.4. The molecule has 25 heavy (non-hydrogen) atoms. The number of carbonyl (C=O) groups is 3. The van der Waals surface area contributed by atoms with Gasteiger partial charge in [0.05, 0.1) is 11.8 Å². The van der Waals surface area contributed by atoms with Crippen LogP contribution in [0.4, 0.5) is 5.69 Å².